The Balaban J connectivity index is 1.72. The monoisotopic (exact) mass is 531 g/mol. The van der Waals surface area contributed by atoms with Crippen LogP contribution in [0.1, 0.15) is 36.4 Å². The summed E-state index contributed by atoms with van der Waals surface area (Å²) in [5, 5.41) is 11.7. The van der Waals surface area contributed by atoms with Crippen molar-refractivity contribution in [3.8, 4) is 0 Å². The number of benzene rings is 2. The molecule has 0 bridgehead atoms. The highest BCUT2D eigenvalue weighted by Gasteiger charge is 2.46. The van der Waals surface area contributed by atoms with E-state index in [1.165, 1.54) is 49.7 Å². The number of likely N-dealkylation sites (tertiary alicyclic amines) is 2. The number of amides is 1. The summed E-state index contributed by atoms with van der Waals surface area (Å²) in [6, 6.07) is 11.7. The zero-order valence-electron chi connectivity index (χ0n) is 20.4. The molecule has 36 heavy (non-hydrogen) atoms. The minimum Gasteiger partial charge on any atom is -0.507 e. The fourth-order valence-electron chi connectivity index (χ4n) is 4.69. The standard InChI is InChI=1S/C26H30ClN3O5S/c1-28(2)36(34,35)21-12-8-19(9-13-21)24(31)22-23(18-6-10-20(27)11-7-18)30(26(33)25(22)32)17-16-29-14-4-3-5-15-29/h6-13,23,31H,3-5,14-17H2,1-2H3/b24-22+/t23-/m1/s1. The molecule has 2 aliphatic heterocycles. The van der Waals surface area contributed by atoms with Crippen LogP contribution in [-0.4, -0.2) is 79.6 Å². The topological polar surface area (TPSA) is 98.2 Å². The number of aliphatic hydroxyl groups excluding tert-OH is 1. The third-order valence-corrected chi connectivity index (χ3v) is 8.82. The SMILES string of the molecule is CN(C)S(=O)(=O)c1ccc(/C(O)=C2\C(=O)C(=O)N(CCN3CCCCC3)[C@@H]2c2ccc(Cl)cc2)cc1. The lowest BCUT2D eigenvalue weighted by molar-refractivity contribution is -0.140. The molecule has 4 rings (SSSR count). The molecule has 10 heteroatoms. The Morgan fingerprint density at radius 2 is 1.58 bits per heavy atom. The van der Waals surface area contributed by atoms with Gasteiger partial charge in [-0.3, -0.25) is 9.59 Å². The van der Waals surface area contributed by atoms with E-state index in [4.69, 9.17) is 11.6 Å². The molecule has 0 radical (unpaired) electrons. The second kappa shape index (κ2) is 10.7. The van der Waals surface area contributed by atoms with Crippen molar-refractivity contribution in [2.24, 2.45) is 0 Å². The lowest BCUT2D eigenvalue weighted by atomic mass is 9.95. The summed E-state index contributed by atoms with van der Waals surface area (Å²) in [7, 11) is -0.791. The summed E-state index contributed by atoms with van der Waals surface area (Å²) in [6.45, 7) is 2.89. The van der Waals surface area contributed by atoms with Gasteiger partial charge in [0.05, 0.1) is 16.5 Å². The normalized spacial score (nSPS) is 20.9. The van der Waals surface area contributed by atoms with Gasteiger partial charge in [-0.05, 0) is 67.9 Å². The Kier molecular flexibility index (Phi) is 7.85. The van der Waals surface area contributed by atoms with Gasteiger partial charge in [0.15, 0.2) is 0 Å². The van der Waals surface area contributed by atoms with Gasteiger partial charge in [0.25, 0.3) is 11.7 Å². The Bertz CT molecular complexity index is 1270. The van der Waals surface area contributed by atoms with Crippen LogP contribution in [0.4, 0.5) is 0 Å². The van der Waals surface area contributed by atoms with Crippen LogP contribution in [0, 0.1) is 0 Å². The molecule has 192 valence electrons. The van der Waals surface area contributed by atoms with Crippen molar-refractivity contribution in [1.82, 2.24) is 14.1 Å². The summed E-state index contributed by atoms with van der Waals surface area (Å²) in [5.41, 5.74) is 0.885. The van der Waals surface area contributed by atoms with Gasteiger partial charge in [0.2, 0.25) is 10.0 Å². The zero-order chi connectivity index (χ0) is 26.0. The quantitative estimate of drug-likeness (QED) is 0.333. The Labute approximate surface area is 216 Å². The number of Topliss-reactive ketones (excluding diaryl/α,β-unsaturated/α-hetero) is 1. The van der Waals surface area contributed by atoms with E-state index in [1.54, 1.807) is 24.3 Å². The van der Waals surface area contributed by atoms with Crippen LogP contribution >= 0.6 is 11.6 Å². The first-order valence-corrected chi connectivity index (χ1v) is 13.7. The number of sulfonamides is 1. The molecule has 1 amide bonds. The molecule has 8 nitrogen and oxygen atoms in total. The lowest BCUT2D eigenvalue weighted by Gasteiger charge is -2.31. The average molecular weight is 532 g/mol. The Hall–Kier alpha value is -2.72. The number of ketones is 1. The van der Waals surface area contributed by atoms with Crippen molar-refractivity contribution in [3.63, 3.8) is 0 Å². The van der Waals surface area contributed by atoms with Crippen LogP contribution in [0.5, 0.6) is 0 Å². The van der Waals surface area contributed by atoms with E-state index < -0.39 is 27.8 Å². The maximum Gasteiger partial charge on any atom is 0.295 e. The van der Waals surface area contributed by atoms with Gasteiger partial charge >= 0.3 is 0 Å². The highest BCUT2D eigenvalue weighted by atomic mass is 35.5. The average Bonchev–Trinajstić information content (AvgIpc) is 3.13. The number of aliphatic hydroxyl groups is 1. The predicted octanol–water partition coefficient (Wildman–Crippen LogP) is 3.50. The molecule has 0 aliphatic carbocycles. The molecule has 0 spiro atoms. The number of carbonyl (C=O) groups is 2. The summed E-state index contributed by atoms with van der Waals surface area (Å²) in [4.78, 5) is 30.2. The second-order valence-corrected chi connectivity index (χ2v) is 11.8. The van der Waals surface area contributed by atoms with Crippen molar-refractivity contribution in [1.29, 1.82) is 0 Å². The summed E-state index contributed by atoms with van der Waals surface area (Å²) in [6.07, 6.45) is 3.42. The van der Waals surface area contributed by atoms with Gasteiger partial charge in [-0.15, -0.1) is 0 Å². The molecule has 0 saturated carbocycles. The van der Waals surface area contributed by atoms with E-state index in [-0.39, 0.29) is 21.8 Å². The number of hydrogen-bond donors (Lipinski definition) is 1. The van der Waals surface area contributed by atoms with Gasteiger partial charge < -0.3 is 14.9 Å². The molecule has 2 fully saturated rings. The van der Waals surface area contributed by atoms with E-state index in [0.29, 0.717) is 23.7 Å². The van der Waals surface area contributed by atoms with Crippen LogP contribution in [0.15, 0.2) is 59.0 Å². The summed E-state index contributed by atoms with van der Waals surface area (Å²) >= 11 is 6.08. The minimum absolute atomic E-state index is 0.0239. The maximum absolute atomic E-state index is 13.2. The fraction of sp³-hybridized carbons (Fsp3) is 0.385. The van der Waals surface area contributed by atoms with E-state index >= 15 is 0 Å². The van der Waals surface area contributed by atoms with Crippen LogP contribution in [0.2, 0.25) is 5.02 Å². The molecular weight excluding hydrogens is 502 g/mol. The first kappa shape index (κ1) is 26.3. The number of piperidine rings is 1. The predicted molar refractivity (Wildman–Crippen MR) is 138 cm³/mol. The highest BCUT2D eigenvalue weighted by Crippen LogP contribution is 2.39. The van der Waals surface area contributed by atoms with E-state index in [2.05, 4.69) is 4.90 Å². The molecule has 1 N–H and O–H groups in total. The van der Waals surface area contributed by atoms with Gasteiger partial charge in [-0.2, -0.15) is 0 Å². The van der Waals surface area contributed by atoms with E-state index in [9.17, 15) is 23.1 Å². The number of hydrogen-bond acceptors (Lipinski definition) is 6. The van der Waals surface area contributed by atoms with Gasteiger partial charge in [0.1, 0.15) is 5.76 Å². The number of halogens is 1. The third-order valence-electron chi connectivity index (χ3n) is 6.74. The zero-order valence-corrected chi connectivity index (χ0v) is 21.9. The molecule has 1 atom stereocenters. The molecule has 2 aromatic carbocycles. The maximum atomic E-state index is 13.2. The van der Waals surface area contributed by atoms with Gasteiger partial charge in [0, 0.05) is 37.8 Å². The Morgan fingerprint density at radius 1 is 0.972 bits per heavy atom. The second-order valence-electron chi connectivity index (χ2n) is 9.26. The smallest absolute Gasteiger partial charge is 0.295 e. The van der Waals surface area contributed by atoms with E-state index in [1.807, 2.05) is 0 Å². The minimum atomic E-state index is -3.65. The number of carbonyl (C=O) groups excluding carboxylic acids is 2. The highest BCUT2D eigenvalue weighted by molar-refractivity contribution is 7.89. The number of rotatable bonds is 7. The fourth-order valence-corrected chi connectivity index (χ4v) is 5.71. The van der Waals surface area contributed by atoms with Gasteiger partial charge in [-0.1, -0.05) is 30.2 Å². The van der Waals surface area contributed by atoms with Crippen LogP contribution < -0.4 is 0 Å². The molecular formula is C26H30ClN3O5S. The van der Waals surface area contributed by atoms with Crippen LogP contribution in [0.3, 0.4) is 0 Å². The van der Waals surface area contributed by atoms with Crippen molar-refractivity contribution in [2.45, 2.75) is 30.2 Å². The molecule has 2 aromatic rings. The summed E-state index contributed by atoms with van der Waals surface area (Å²) < 4.78 is 25.9. The number of nitrogens with zero attached hydrogens (tertiary/aromatic N) is 3. The third kappa shape index (κ3) is 5.20. The largest absolute Gasteiger partial charge is 0.507 e. The van der Waals surface area contributed by atoms with Crippen molar-refractivity contribution >= 4 is 39.1 Å². The van der Waals surface area contributed by atoms with Gasteiger partial charge in [-0.25, -0.2) is 12.7 Å². The van der Waals surface area contributed by atoms with Crippen LogP contribution in [-0.2, 0) is 19.6 Å². The lowest BCUT2D eigenvalue weighted by Crippen LogP contribution is -2.39. The van der Waals surface area contributed by atoms with Crippen molar-refractivity contribution < 1.29 is 23.1 Å². The van der Waals surface area contributed by atoms with Crippen LogP contribution in [0.25, 0.3) is 5.76 Å². The summed E-state index contributed by atoms with van der Waals surface area (Å²) in [5.74, 6) is -1.78. The molecule has 2 aliphatic rings. The molecule has 2 saturated heterocycles. The molecule has 0 aromatic heterocycles. The van der Waals surface area contributed by atoms with Crippen molar-refractivity contribution in [2.75, 3.05) is 40.3 Å². The molecule has 0 unspecified atom stereocenters. The first-order chi connectivity index (χ1) is 17.1. The first-order valence-electron chi connectivity index (χ1n) is 11.9. The molecule has 2 heterocycles. The van der Waals surface area contributed by atoms with E-state index in [0.717, 1.165) is 30.2 Å². The Morgan fingerprint density at radius 3 is 2.17 bits per heavy atom. The van der Waals surface area contributed by atoms with Crippen molar-refractivity contribution in [3.05, 3.63) is 70.3 Å².